The molecule has 0 radical (unpaired) electrons. The first kappa shape index (κ1) is 25.7. The van der Waals surface area contributed by atoms with E-state index in [1.807, 2.05) is 42.6 Å². The Morgan fingerprint density at radius 1 is 0.850 bits per heavy atom. The van der Waals surface area contributed by atoms with E-state index in [4.69, 9.17) is 23.5 Å². The van der Waals surface area contributed by atoms with Gasteiger partial charge < -0.3 is 0 Å². The minimum absolute atomic E-state index is 0.0766. The molecular formula is C33H26N6Se. The number of rotatable bonds is 8. The van der Waals surface area contributed by atoms with Crippen LogP contribution in [-0.4, -0.2) is 32.5 Å². The Bertz CT molecular complexity index is 1950. The number of hydrogen-bond acceptors (Lipinski definition) is 5. The van der Waals surface area contributed by atoms with E-state index < -0.39 is 0 Å². The van der Waals surface area contributed by atoms with Gasteiger partial charge in [-0.3, -0.25) is 0 Å². The van der Waals surface area contributed by atoms with Crippen LogP contribution >= 0.6 is 0 Å². The van der Waals surface area contributed by atoms with Crippen LogP contribution in [0, 0.1) is 22.7 Å². The molecule has 3 heterocycles. The topological polar surface area (TPSA) is 91.2 Å². The number of nitriles is 2. The Balaban J connectivity index is 1.40. The quantitative estimate of drug-likeness (QED) is 0.105. The summed E-state index contributed by atoms with van der Waals surface area (Å²) in [7, 11) is 0. The van der Waals surface area contributed by atoms with E-state index in [0.717, 1.165) is 45.5 Å². The predicted molar refractivity (Wildman–Crippen MR) is 161 cm³/mol. The van der Waals surface area contributed by atoms with Crippen molar-refractivity contribution in [2.24, 2.45) is 0 Å². The number of benzene rings is 3. The molecule has 0 spiro atoms. The Morgan fingerprint density at radius 3 is 2.40 bits per heavy atom. The van der Waals surface area contributed by atoms with Crippen LogP contribution in [0.2, 0.25) is 0 Å². The number of allylic oxidation sites excluding steroid dienone is 1. The molecule has 40 heavy (non-hydrogen) atoms. The van der Waals surface area contributed by atoms with Gasteiger partial charge in [0.25, 0.3) is 0 Å². The number of hydrogen-bond donors (Lipinski definition) is 0. The van der Waals surface area contributed by atoms with Gasteiger partial charge in [-0.2, -0.15) is 0 Å². The van der Waals surface area contributed by atoms with E-state index in [9.17, 15) is 0 Å². The van der Waals surface area contributed by atoms with E-state index in [1.54, 1.807) is 6.08 Å². The van der Waals surface area contributed by atoms with E-state index in [1.165, 1.54) is 47.5 Å². The molecule has 0 aliphatic carbocycles. The zero-order chi connectivity index (χ0) is 27.5. The SMILES string of the molecule is CCCCCCn1c2ccccc2c2cc(-c3ncc(-c4ccc(C=C(C#N)C#N)cc4)c4n[se]nc34)ccc21. The van der Waals surface area contributed by atoms with Crippen molar-refractivity contribution in [2.75, 3.05) is 0 Å². The van der Waals surface area contributed by atoms with Crippen LogP contribution in [-0.2, 0) is 6.54 Å². The molecule has 7 heteroatoms. The second-order valence-corrected chi connectivity index (χ2v) is 11.0. The average Bonchev–Trinajstić information content (AvgIpc) is 3.61. The standard InChI is InChI=1S/C33H26N6Se/c1-2-3-4-7-16-39-29-9-6-5-8-26(29)27-18-25(14-15-30(27)39)31-33-32(37-40-38-33)28(21-36-31)24-12-10-22(11-13-24)17-23(19-34)20-35/h5-6,8-15,17-18,21H,2-4,7,16H2,1H3. The van der Waals surface area contributed by atoms with Crippen LogP contribution in [0.4, 0.5) is 0 Å². The molecule has 6 nitrogen and oxygen atoms in total. The van der Waals surface area contributed by atoms with Gasteiger partial charge in [0.15, 0.2) is 0 Å². The molecule has 3 aromatic carbocycles. The van der Waals surface area contributed by atoms with Crippen molar-refractivity contribution in [3.63, 3.8) is 0 Å². The fourth-order valence-corrected chi connectivity index (χ4v) is 6.53. The summed E-state index contributed by atoms with van der Waals surface area (Å²) in [6, 6.07) is 26.8. The van der Waals surface area contributed by atoms with Gasteiger partial charge in [0.05, 0.1) is 0 Å². The molecule has 0 atom stereocenters. The van der Waals surface area contributed by atoms with Gasteiger partial charge in [0.1, 0.15) is 0 Å². The number of unbranched alkanes of at least 4 members (excludes halogenated alkanes) is 3. The molecule has 0 bridgehead atoms. The Labute approximate surface area is 239 Å². The molecular weight excluding hydrogens is 559 g/mol. The molecule has 6 aromatic rings. The zero-order valence-electron chi connectivity index (χ0n) is 22.1. The van der Waals surface area contributed by atoms with Gasteiger partial charge in [-0.1, -0.05) is 13.3 Å². The summed E-state index contributed by atoms with van der Waals surface area (Å²) in [5, 5.41) is 20.6. The molecule has 0 unspecified atom stereocenters. The second kappa shape index (κ2) is 11.3. The second-order valence-electron chi connectivity index (χ2n) is 9.85. The van der Waals surface area contributed by atoms with Crippen molar-refractivity contribution >= 4 is 53.9 Å². The maximum atomic E-state index is 9.04. The van der Waals surface area contributed by atoms with Crippen LogP contribution in [0.5, 0.6) is 0 Å². The number of para-hydroxylation sites is 1. The summed E-state index contributed by atoms with van der Waals surface area (Å²) in [5.74, 6) is 0. The summed E-state index contributed by atoms with van der Waals surface area (Å²) in [6.45, 7) is 3.27. The molecule has 0 N–H and O–H groups in total. The Kier molecular flexibility index (Phi) is 7.25. The molecule has 0 amide bonds. The zero-order valence-corrected chi connectivity index (χ0v) is 23.8. The van der Waals surface area contributed by atoms with Gasteiger partial charge in [-0.15, -0.1) is 0 Å². The third-order valence-electron chi connectivity index (χ3n) is 7.35. The fourth-order valence-electron chi connectivity index (χ4n) is 5.35. The number of aryl methyl sites for hydroxylation is 1. The van der Waals surface area contributed by atoms with Crippen molar-refractivity contribution in [3.05, 3.63) is 84.1 Å². The first-order valence-electron chi connectivity index (χ1n) is 13.5. The first-order chi connectivity index (χ1) is 19.7. The summed E-state index contributed by atoms with van der Waals surface area (Å²) in [6.07, 6.45) is 8.40. The third-order valence-corrected chi connectivity index (χ3v) is 8.45. The maximum absolute atomic E-state index is 9.04. The van der Waals surface area contributed by atoms with Gasteiger partial charge in [-0.25, -0.2) is 0 Å². The molecule has 0 saturated heterocycles. The Hall–Kier alpha value is -4.55. The Morgan fingerprint density at radius 2 is 1.60 bits per heavy atom. The fraction of sp³-hybridized carbons (Fsp3) is 0.182. The number of fused-ring (bicyclic) bond motifs is 4. The van der Waals surface area contributed by atoms with Gasteiger partial charge in [0.2, 0.25) is 0 Å². The van der Waals surface area contributed by atoms with E-state index in [2.05, 4.69) is 54.0 Å². The number of pyridine rings is 1. The van der Waals surface area contributed by atoms with Crippen molar-refractivity contribution in [1.29, 1.82) is 10.5 Å². The molecule has 3 aromatic heterocycles. The minimum atomic E-state index is -0.218. The van der Waals surface area contributed by atoms with Gasteiger partial charge >= 0.3 is 226 Å². The summed E-state index contributed by atoms with van der Waals surface area (Å²) < 4.78 is 12.0. The van der Waals surface area contributed by atoms with E-state index in [0.29, 0.717) is 0 Å². The number of aromatic nitrogens is 4. The van der Waals surface area contributed by atoms with Crippen molar-refractivity contribution < 1.29 is 0 Å². The molecule has 0 aliphatic rings. The normalized spacial score (nSPS) is 11.1. The van der Waals surface area contributed by atoms with Gasteiger partial charge in [0, 0.05) is 0 Å². The van der Waals surface area contributed by atoms with Crippen LogP contribution in [0.3, 0.4) is 0 Å². The van der Waals surface area contributed by atoms with Crippen LogP contribution in [0.25, 0.3) is 61.3 Å². The molecule has 194 valence electrons. The molecule has 6 rings (SSSR count). The van der Waals surface area contributed by atoms with Crippen molar-refractivity contribution in [3.8, 4) is 34.5 Å². The van der Waals surface area contributed by atoms with Crippen LogP contribution in [0.15, 0.2) is 78.5 Å². The molecule has 0 fully saturated rings. The van der Waals surface area contributed by atoms with Gasteiger partial charge in [-0.05, 0) is 0 Å². The van der Waals surface area contributed by atoms with Crippen LogP contribution < -0.4 is 0 Å². The van der Waals surface area contributed by atoms with Crippen molar-refractivity contribution in [2.45, 2.75) is 39.2 Å². The van der Waals surface area contributed by atoms with E-state index in [-0.39, 0.29) is 20.5 Å². The summed E-state index contributed by atoms with van der Waals surface area (Å²) >= 11 is -0.218. The monoisotopic (exact) mass is 586 g/mol. The first-order valence-corrected chi connectivity index (χ1v) is 15.0. The van der Waals surface area contributed by atoms with E-state index >= 15 is 0 Å². The number of nitrogens with zero attached hydrogens (tertiary/aromatic N) is 6. The predicted octanol–water partition coefficient (Wildman–Crippen LogP) is 7.53. The molecule has 0 saturated carbocycles. The van der Waals surface area contributed by atoms with Crippen molar-refractivity contribution in [1.82, 2.24) is 17.5 Å². The molecule has 0 aliphatic heterocycles. The summed E-state index contributed by atoms with van der Waals surface area (Å²) in [5.41, 5.74) is 8.94. The summed E-state index contributed by atoms with van der Waals surface area (Å²) in [4.78, 5) is 4.91. The average molecular weight is 586 g/mol. The van der Waals surface area contributed by atoms with Crippen LogP contribution in [0.1, 0.15) is 38.2 Å². The third kappa shape index (κ3) is 4.71.